The van der Waals surface area contributed by atoms with E-state index in [0.717, 1.165) is 24.9 Å². The van der Waals surface area contributed by atoms with E-state index < -0.39 is 0 Å². The van der Waals surface area contributed by atoms with Crippen molar-refractivity contribution in [3.8, 4) is 0 Å². The van der Waals surface area contributed by atoms with Gasteiger partial charge in [0.25, 0.3) is 0 Å². The second kappa shape index (κ2) is 5.81. The summed E-state index contributed by atoms with van der Waals surface area (Å²) >= 11 is 6.03. The van der Waals surface area contributed by atoms with Crippen LogP contribution in [0.25, 0.3) is 0 Å². The van der Waals surface area contributed by atoms with Crippen molar-refractivity contribution >= 4 is 17.4 Å². The number of halogens is 2. The van der Waals surface area contributed by atoms with Crippen molar-refractivity contribution in [2.24, 2.45) is 0 Å². The topological polar surface area (TPSA) is 20.3 Å². The first-order chi connectivity index (χ1) is 8.56. The summed E-state index contributed by atoms with van der Waals surface area (Å²) in [5.41, 5.74) is 0.925. The Morgan fingerprint density at radius 1 is 1.56 bits per heavy atom. The number of benzene rings is 1. The van der Waals surface area contributed by atoms with Gasteiger partial charge in [-0.05, 0) is 44.0 Å². The van der Waals surface area contributed by atoms with Gasteiger partial charge in [-0.3, -0.25) is 9.69 Å². The van der Waals surface area contributed by atoms with Crippen LogP contribution in [-0.4, -0.2) is 23.3 Å². The number of likely N-dealkylation sites (tertiary alicyclic amines) is 1. The number of rotatable bonds is 4. The average molecular weight is 270 g/mol. The van der Waals surface area contributed by atoms with E-state index in [9.17, 15) is 9.18 Å². The third kappa shape index (κ3) is 3.30. The molecule has 1 aromatic rings. The molecule has 1 aliphatic rings. The standard InChI is InChI=1S/C14H17ClFNO/c1-10(18)7-13-3-2-6-17(13)9-11-4-5-12(16)8-14(11)15/h4-5,8,13H,2-3,6-7,9H2,1H3. The average Bonchev–Trinajstić information content (AvgIpc) is 2.69. The van der Waals surface area contributed by atoms with Gasteiger partial charge < -0.3 is 0 Å². The van der Waals surface area contributed by atoms with Crippen molar-refractivity contribution in [2.45, 2.75) is 38.8 Å². The Bertz CT molecular complexity index is 449. The van der Waals surface area contributed by atoms with Crippen LogP contribution in [0.15, 0.2) is 18.2 Å². The predicted octanol–water partition coefficient (Wildman–Crippen LogP) is 3.42. The highest BCUT2D eigenvalue weighted by molar-refractivity contribution is 6.31. The molecule has 1 aromatic carbocycles. The van der Waals surface area contributed by atoms with Crippen LogP contribution in [0, 0.1) is 5.82 Å². The zero-order chi connectivity index (χ0) is 13.1. The van der Waals surface area contributed by atoms with E-state index in [4.69, 9.17) is 11.6 Å². The van der Waals surface area contributed by atoms with E-state index in [-0.39, 0.29) is 11.6 Å². The summed E-state index contributed by atoms with van der Waals surface area (Å²) in [7, 11) is 0. The molecule has 1 saturated heterocycles. The van der Waals surface area contributed by atoms with Gasteiger partial charge in [0.2, 0.25) is 0 Å². The van der Waals surface area contributed by atoms with Crippen LogP contribution >= 0.6 is 11.6 Å². The predicted molar refractivity (Wildman–Crippen MR) is 70.1 cm³/mol. The van der Waals surface area contributed by atoms with E-state index in [0.29, 0.717) is 24.0 Å². The van der Waals surface area contributed by atoms with Crippen LogP contribution in [0.4, 0.5) is 4.39 Å². The van der Waals surface area contributed by atoms with Crippen LogP contribution < -0.4 is 0 Å². The molecule has 0 radical (unpaired) electrons. The van der Waals surface area contributed by atoms with Crippen molar-refractivity contribution in [3.05, 3.63) is 34.6 Å². The fourth-order valence-corrected chi connectivity index (χ4v) is 2.76. The Labute approximate surface area is 112 Å². The lowest BCUT2D eigenvalue weighted by molar-refractivity contribution is -0.118. The van der Waals surface area contributed by atoms with Crippen LogP contribution in [0.1, 0.15) is 31.7 Å². The number of carbonyl (C=O) groups excluding carboxylic acids is 1. The minimum absolute atomic E-state index is 0.220. The van der Waals surface area contributed by atoms with E-state index >= 15 is 0 Å². The maximum absolute atomic E-state index is 13.0. The molecule has 1 atom stereocenters. The minimum atomic E-state index is -0.314. The summed E-state index contributed by atoms with van der Waals surface area (Å²) in [5.74, 6) is -0.0949. The van der Waals surface area contributed by atoms with Gasteiger partial charge in [-0.1, -0.05) is 17.7 Å². The van der Waals surface area contributed by atoms with Crippen LogP contribution in [-0.2, 0) is 11.3 Å². The first kappa shape index (κ1) is 13.5. The first-order valence-corrected chi connectivity index (χ1v) is 6.61. The van der Waals surface area contributed by atoms with Gasteiger partial charge >= 0.3 is 0 Å². The van der Waals surface area contributed by atoms with Crippen molar-refractivity contribution < 1.29 is 9.18 Å². The van der Waals surface area contributed by atoms with Crippen LogP contribution in [0.3, 0.4) is 0 Å². The second-order valence-corrected chi connectivity index (χ2v) is 5.32. The van der Waals surface area contributed by atoms with Crippen LogP contribution in [0.5, 0.6) is 0 Å². The third-order valence-electron chi connectivity index (χ3n) is 3.41. The maximum Gasteiger partial charge on any atom is 0.131 e. The quantitative estimate of drug-likeness (QED) is 0.835. The maximum atomic E-state index is 13.0. The van der Waals surface area contributed by atoms with Gasteiger partial charge in [0.1, 0.15) is 11.6 Å². The lowest BCUT2D eigenvalue weighted by Crippen LogP contribution is -2.30. The molecular formula is C14H17ClFNO. The molecule has 1 heterocycles. The highest BCUT2D eigenvalue weighted by atomic mass is 35.5. The van der Waals surface area contributed by atoms with Gasteiger partial charge in [0.05, 0.1) is 0 Å². The highest BCUT2D eigenvalue weighted by Gasteiger charge is 2.25. The van der Waals surface area contributed by atoms with Gasteiger partial charge in [0.15, 0.2) is 0 Å². The van der Waals surface area contributed by atoms with Gasteiger partial charge in [0, 0.05) is 24.0 Å². The number of hydrogen-bond donors (Lipinski definition) is 0. The summed E-state index contributed by atoms with van der Waals surface area (Å²) in [6.07, 6.45) is 2.76. The summed E-state index contributed by atoms with van der Waals surface area (Å²) < 4.78 is 13.0. The largest absolute Gasteiger partial charge is 0.300 e. The molecule has 0 spiro atoms. The van der Waals surface area contributed by atoms with Crippen LogP contribution in [0.2, 0.25) is 5.02 Å². The SMILES string of the molecule is CC(=O)CC1CCCN1Cc1ccc(F)cc1Cl. The van der Waals surface area contributed by atoms with Crippen molar-refractivity contribution in [3.63, 3.8) is 0 Å². The molecule has 1 aliphatic heterocycles. The Hall–Kier alpha value is -0.930. The van der Waals surface area contributed by atoms with Gasteiger partial charge in [-0.15, -0.1) is 0 Å². The van der Waals surface area contributed by atoms with E-state index in [1.807, 2.05) is 0 Å². The molecule has 0 saturated carbocycles. The van der Waals surface area contributed by atoms with Gasteiger partial charge in [-0.25, -0.2) is 4.39 Å². The van der Waals surface area contributed by atoms with Crippen molar-refractivity contribution in [1.29, 1.82) is 0 Å². The lowest BCUT2D eigenvalue weighted by atomic mass is 10.1. The lowest BCUT2D eigenvalue weighted by Gasteiger charge is -2.24. The summed E-state index contributed by atoms with van der Waals surface area (Å²) in [6, 6.07) is 4.80. The smallest absolute Gasteiger partial charge is 0.131 e. The molecule has 0 aromatic heterocycles. The molecule has 0 N–H and O–H groups in total. The zero-order valence-electron chi connectivity index (χ0n) is 10.5. The Balaban J connectivity index is 2.05. The van der Waals surface area contributed by atoms with E-state index in [2.05, 4.69) is 4.90 Å². The molecular weight excluding hydrogens is 253 g/mol. The number of carbonyl (C=O) groups is 1. The number of hydrogen-bond acceptors (Lipinski definition) is 2. The zero-order valence-corrected chi connectivity index (χ0v) is 11.2. The first-order valence-electron chi connectivity index (χ1n) is 6.23. The molecule has 4 heteroatoms. The monoisotopic (exact) mass is 269 g/mol. The number of nitrogens with zero attached hydrogens (tertiary/aromatic N) is 1. The highest BCUT2D eigenvalue weighted by Crippen LogP contribution is 2.26. The third-order valence-corrected chi connectivity index (χ3v) is 3.76. The molecule has 0 aliphatic carbocycles. The fourth-order valence-electron chi connectivity index (χ4n) is 2.53. The molecule has 2 rings (SSSR count). The van der Waals surface area contributed by atoms with Crippen molar-refractivity contribution in [2.75, 3.05) is 6.54 Å². The molecule has 0 bridgehead atoms. The fraction of sp³-hybridized carbons (Fsp3) is 0.500. The second-order valence-electron chi connectivity index (χ2n) is 4.91. The van der Waals surface area contributed by atoms with E-state index in [1.54, 1.807) is 13.0 Å². The summed E-state index contributed by atoms with van der Waals surface area (Å²) in [4.78, 5) is 13.5. The number of ketones is 1. The van der Waals surface area contributed by atoms with Gasteiger partial charge in [-0.2, -0.15) is 0 Å². The Morgan fingerprint density at radius 2 is 2.33 bits per heavy atom. The summed E-state index contributed by atoms with van der Waals surface area (Å²) in [6.45, 7) is 3.30. The number of Topliss-reactive ketones (excluding diaryl/α,β-unsaturated/α-hetero) is 1. The summed E-state index contributed by atoms with van der Waals surface area (Å²) in [5, 5.41) is 0.462. The Kier molecular flexibility index (Phi) is 4.36. The van der Waals surface area contributed by atoms with Crippen molar-refractivity contribution in [1.82, 2.24) is 4.90 Å². The minimum Gasteiger partial charge on any atom is -0.300 e. The molecule has 0 amide bonds. The Morgan fingerprint density at radius 3 is 3.00 bits per heavy atom. The molecule has 98 valence electrons. The van der Waals surface area contributed by atoms with E-state index in [1.165, 1.54) is 12.1 Å². The molecule has 18 heavy (non-hydrogen) atoms. The molecule has 1 fully saturated rings. The molecule has 2 nitrogen and oxygen atoms in total. The normalized spacial score (nSPS) is 20.3. The molecule has 1 unspecified atom stereocenters.